The van der Waals surface area contributed by atoms with Gasteiger partial charge in [0, 0.05) is 18.6 Å². The molecular formula is C16H20N4. The Morgan fingerprint density at radius 1 is 1.00 bits per heavy atom. The Kier molecular flexibility index (Phi) is 4.33. The quantitative estimate of drug-likeness (QED) is 0.836. The second-order valence-corrected chi connectivity index (χ2v) is 5.28. The van der Waals surface area contributed by atoms with Crippen LogP contribution in [0, 0.1) is 0 Å². The van der Waals surface area contributed by atoms with Gasteiger partial charge in [0.1, 0.15) is 5.69 Å². The first-order valence-corrected chi connectivity index (χ1v) is 7.36. The van der Waals surface area contributed by atoms with Crippen molar-refractivity contribution in [2.75, 3.05) is 19.6 Å². The lowest BCUT2D eigenvalue weighted by Crippen LogP contribution is -2.20. The highest BCUT2D eigenvalue weighted by molar-refractivity contribution is 5.47. The standard InChI is InChI=1S/C16H20N4/c1-2-8-17-15(7-1)16-18-12-14(13-19-16)6-5-11-20-9-3-4-10-20/h1-2,7-8,12-13H,3-6,9-11H2. The number of hydrogen-bond acceptors (Lipinski definition) is 4. The van der Waals surface area contributed by atoms with Crippen molar-refractivity contribution in [1.29, 1.82) is 0 Å². The van der Waals surface area contributed by atoms with Crippen LogP contribution in [0.5, 0.6) is 0 Å². The average molecular weight is 268 g/mol. The fraction of sp³-hybridized carbons (Fsp3) is 0.438. The molecule has 4 heteroatoms. The molecule has 0 bridgehead atoms. The molecule has 0 aromatic carbocycles. The first-order valence-electron chi connectivity index (χ1n) is 7.36. The molecular weight excluding hydrogens is 248 g/mol. The highest BCUT2D eigenvalue weighted by Gasteiger charge is 2.10. The van der Waals surface area contributed by atoms with Crippen molar-refractivity contribution in [1.82, 2.24) is 19.9 Å². The molecule has 4 nitrogen and oxygen atoms in total. The van der Waals surface area contributed by atoms with E-state index in [0.717, 1.165) is 12.1 Å². The van der Waals surface area contributed by atoms with Gasteiger partial charge in [0.05, 0.1) is 0 Å². The summed E-state index contributed by atoms with van der Waals surface area (Å²) in [7, 11) is 0. The summed E-state index contributed by atoms with van der Waals surface area (Å²) in [6.07, 6.45) is 10.6. The molecule has 3 rings (SSSR count). The maximum atomic E-state index is 4.41. The predicted molar refractivity (Wildman–Crippen MR) is 79.3 cm³/mol. The lowest BCUT2D eigenvalue weighted by atomic mass is 10.2. The third kappa shape index (κ3) is 3.39. The van der Waals surface area contributed by atoms with Crippen LogP contribution in [0.2, 0.25) is 0 Å². The van der Waals surface area contributed by atoms with Gasteiger partial charge in [0.25, 0.3) is 0 Å². The monoisotopic (exact) mass is 268 g/mol. The zero-order valence-corrected chi connectivity index (χ0v) is 11.7. The van der Waals surface area contributed by atoms with Crippen LogP contribution in [0.25, 0.3) is 11.5 Å². The van der Waals surface area contributed by atoms with E-state index in [4.69, 9.17) is 0 Å². The van der Waals surface area contributed by atoms with E-state index in [1.807, 2.05) is 30.6 Å². The molecule has 20 heavy (non-hydrogen) atoms. The van der Waals surface area contributed by atoms with Gasteiger partial charge in [-0.05, 0) is 63.0 Å². The molecule has 0 saturated carbocycles. The number of nitrogens with zero attached hydrogens (tertiary/aromatic N) is 4. The third-order valence-corrected chi connectivity index (χ3v) is 3.74. The Morgan fingerprint density at radius 3 is 2.50 bits per heavy atom. The molecule has 0 aliphatic carbocycles. The van der Waals surface area contributed by atoms with Gasteiger partial charge in [-0.2, -0.15) is 0 Å². The molecule has 0 unspecified atom stereocenters. The highest BCUT2D eigenvalue weighted by atomic mass is 15.1. The first kappa shape index (κ1) is 13.2. The number of pyridine rings is 1. The van der Waals surface area contributed by atoms with Crippen LogP contribution in [-0.4, -0.2) is 39.5 Å². The van der Waals surface area contributed by atoms with Gasteiger partial charge in [-0.15, -0.1) is 0 Å². The largest absolute Gasteiger partial charge is 0.303 e. The fourth-order valence-corrected chi connectivity index (χ4v) is 2.62. The minimum Gasteiger partial charge on any atom is -0.303 e. The van der Waals surface area contributed by atoms with Gasteiger partial charge < -0.3 is 4.90 Å². The van der Waals surface area contributed by atoms with E-state index in [0.29, 0.717) is 5.82 Å². The second-order valence-electron chi connectivity index (χ2n) is 5.28. The SMILES string of the molecule is c1ccc(-c2ncc(CCCN3CCCC3)cn2)nc1. The van der Waals surface area contributed by atoms with Crippen LogP contribution in [0.1, 0.15) is 24.8 Å². The molecule has 0 radical (unpaired) electrons. The maximum absolute atomic E-state index is 4.41. The Morgan fingerprint density at radius 2 is 1.80 bits per heavy atom. The molecule has 1 fully saturated rings. The summed E-state index contributed by atoms with van der Waals surface area (Å²) in [4.78, 5) is 15.6. The zero-order chi connectivity index (χ0) is 13.6. The summed E-state index contributed by atoms with van der Waals surface area (Å²) < 4.78 is 0. The zero-order valence-electron chi connectivity index (χ0n) is 11.7. The third-order valence-electron chi connectivity index (χ3n) is 3.74. The van der Waals surface area contributed by atoms with Crippen molar-refractivity contribution < 1.29 is 0 Å². The molecule has 0 atom stereocenters. The summed E-state index contributed by atoms with van der Waals surface area (Å²) in [5.41, 5.74) is 2.04. The van der Waals surface area contributed by atoms with Gasteiger partial charge in [-0.3, -0.25) is 4.98 Å². The van der Waals surface area contributed by atoms with Crippen LogP contribution in [0.4, 0.5) is 0 Å². The average Bonchev–Trinajstić information content (AvgIpc) is 3.02. The van der Waals surface area contributed by atoms with E-state index < -0.39 is 0 Å². The molecule has 3 heterocycles. The van der Waals surface area contributed by atoms with Crippen molar-refractivity contribution >= 4 is 0 Å². The first-order chi connectivity index (χ1) is 9.92. The van der Waals surface area contributed by atoms with E-state index >= 15 is 0 Å². The summed E-state index contributed by atoms with van der Waals surface area (Å²) in [5.74, 6) is 0.703. The molecule has 0 spiro atoms. The van der Waals surface area contributed by atoms with Crippen LogP contribution < -0.4 is 0 Å². The van der Waals surface area contributed by atoms with Gasteiger partial charge in [-0.1, -0.05) is 6.07 Å². The highest BCUT2D eigenvalue weighted by Crippen LogP contribution is 2.12. The fourth-order valence-electron chi connectivity index (χ4n) is 2.62. The van der Waals surface area contributed by atoms with Gasteiger partial charge in [-0.25, -0.2) is 9.97 Å². The number of aromatic nitrogens is 3. The lowest BCUT2D eigenvalue weighted by Gasteiger charge is -2.13. The second kappa shape index (κ2) is 6.57. The summed E-state index contributed by atoms with van der Waals surface area (Å²) in [6, 6.07) is 5.79. The molecule has 0 N–H and O–H groups in total. The van der Waals surface area contributed by atoms with Crippen LogP contribution in [0.15, 0.2) is 36.8 Å². The van der Waals surface area contributed by atoms with Crippen molar-refractivity contribution in [3.05, 3.63) is 42.4 Å². The number of likely N-dealkylation sites (tertiary alicyclic amines) is 1. The van der Waals surface area contributed by atoms with Crippen LogP contribution in [0.3, 0.4) is 0 Å². The smallest absolute Gasteiger partial charge is 0.178 e. The minimum absolute atomic E-state index is 0.703. The molecule has 104 valence electrons. The molecule has 0 amide bonds. The molecule has 2 aromatic rings. The lowest BCUT2D eigenvalue weighted by molar-refractivity contribution is 0.334. The Hall–Kier alpha value is -1.81. The van der Waals surface area contributed by atoms with E-state index in [2.05, 4.69) is 19.9 Å². The van der Waals surface area contributed by atoms with E-state index in [1.165, 1.54) is 44.5 Å². The summed E-state index contributed by atoms with van der Waals surface area (Å²) in [6.45, 7) is 3.74. The number of aryl methyl sites for hydroxylation is 1. The minimum atomic E-state index is 0.703. The molecule has 1 aliphatic rings. The Labute approximate surface area is 119 Å². The number of hydrogen-bond donors (Lipinski definition) is 0. The summed E-state index contributed by atoms with van der Waals surface area (Å²) >= 11 is 0. The predicted octanol–water partition coefficient (Wildman–Crippen LogP) is 2.57. The van der Waals surface area contributed by atoms with Crippen molar-refractivity contribution in [2.24, 2.45) is 0 Å². The normalized spacial score (nSPS) is 15.6. The van der Waals surface area contributed by atoms with Crippen molar-refractivity contribution in [2.45, 2.75) is 25.7 Å². The van der Waals surface area contributed by atoms with Crippen molar-refractivity contribution in [3.8, 4) is 11.5 Å². The maximum Gasteiger partial charge on any atom is 0.178 e. The summed E-state index contributed by atoms with van der Waals surface area (Å²) in [5, 5.41) is 0. The topological polar surface area (TPSA) is 41.9 Å². The van der Waals surface area contributed by atoms with Crippen LogP contribution >= 0.6 is 0 Å². The Balaban J connectivity index is 1.53. The van der Waals surface area contributed by atoms with Gasteiger partial charge >= 0.3 is 0 Å². The van der Waals surface area contributed by atoms with Crippen molar-refractivity contribution in [3.63, 3.8) is 0 Å². The molecule has 2 aromatic heterocycles. The molecule has 1 aliphatic heterocycles. The molecule has 1 saturated heterocycles. The Bertz CT molecular complexity index is 518. The van der Waals surface area contributed by atoms with Gasteiger partial charge in [0.15, 0.2) is 5.82 Å². The van der Waals surface area contributed by atoms with E-state index in [-0.39, 0.29) is 0 Å². The van der Waals surface area contributed by atoms with Crippen LogP contribution in [-0.2, 0) is 6.42 Å². The van der Waals surface area contributed by atoms with E-state index in [1.54, 1.807) is 6.20 Å². The van der Waals surface area contributed by atoms with E-state index in [9.17, 15) is 0 Å². The van der Waals surface area contributed by atoms with Gasteiger partial charge in [0.2, 0.25) is 0 Å². The number of rotatable bonds is 5.